The van der Waals surface area contributed by atoms with E-state index in [1.54, 1.807) is 24.0 Å². The van der Waals surface area contributed by atoms with Crippen molar-refractivity contribution in [2.75, 3.05) is 19.6 Å². The van der Waals surface area contributed by atoms with E-state index in [0.29, 0.717) is 5.56 Å². The van der Waals surface area contributed by atoms with Crippen molar-refractivity contribution >= 4 is 27.7 Å². The SMILES string of the molecule is CC(N)(C(=O)NCC(=O)N1CCCCC1)c1ccc(Br)cc1. The molecule has 0 radical (unpaired) electrons. The fourth-order valence-corrected chi connectivity index (χ4v) is 2.79. The van der Waals surface area contributed by atoms with Gasteiger partial charge in [-0.15, -0.1) is 0 Å². The highest BCUT2D eigenvalue weighted by atomic mass is 79.9. The Kier molecular flexibility index (Phi) is 5.58. The van der Waals surface area contributed by atoms with Gasteiger partial charge in [0.1, 0.15) is 5.54 Å². The molecular weight excluding hydrogens is 346 g/mol. The molecule has 6 heteroatoms. The Labute approximate surface area is 139 Å². The number of hydrogen-bond acceptors (Lipinski definition) is 3. The first-order valence-corrected chi connectivity index (χ1v) is 8.31. The van der Waals surface area contributed by atoms with E-state index in [4.69, 9.17) is 5.73 Å². The predicted octanol–water partition coefficient (Wildman–Crippen LogP) is 1.75. The molecule has 0 aliphatic carbocycles. The van der Waals surface area contributed by atoms with E-state index in [-0.39, 0.29) is 18.4 Å². The predicted molar refractivity (Wildman–Crippen MR) is 89.1 cm³/mol. The molecule has 1 aromatic carbocycles. The summed E-state index contributed by atoms with van der Waals surface area (Å²) in [6.07, 6.45) is 3.24. The molecule has 1 heterocycles. The standard InChI is InChI=1S/C16H22BrN3O2/c1-16(18,12-5-7-13(17)8-6-12)15(22)19-11-14(21)20-9-3-2-4-10-20/h5-8H,2-4,9-11,18H2,1H3,(H,19,22). The molecule has 1 atom stereocenters. The molecule has 120 valence electrons. The molecule has 3 N–H and O–H groups in total. The zero-order valence-electron chi connectivity index (χ0n) is 12.8. The average Bonchev–Trinajstić information content (AvgIpc) is 2.53. The van der Waals surface area contributed by atoms with E-state index >= 15 is 0 Å². The quantitative estimate of drug-likeness (QED) is 0.850. The summed E-state index contributed by atoms with van der Waals surface area (Å²) in [7, 11) is 0. The Hall–Kier alpha value is -1.40. The molecular formula is C16H22BrN3O2. The van der Waals surface area contributed by atoms with E-state index in [0.717, 1.165) is 30.4 Å². The summed E-state index contributed by atoms with van der Waals surface area (Å²) in [5.41, 5.74) is 5.69. The highest BCUT2D eigenvalue weighted by Crippen LogP contribution is 2.20. The molecule has 2 amide bonds. The topological polar surface area (TPSA) is 75.4 Å². The second kappa shape index (κ2) is 7.24. The van der Waals surface area contributed by atoms with Gasteiger partial charge in [0.05, 0.1) is 6.54 Å². The lowest BCUT2D eigenvalue weighted by Crippen LogP contribution is -2.52. The highest BCUT2D eigenvalue weighted by Gasteiger charge is 2.31. The summed E-state index contributed by atoms with van der Waals surface area (Å²) in [5, 5.41) is 2.67. The number of benzene rings is 1. The van der Waals surface area contributed by atoms with Crippen LogP contribution in [0, 0.1) is 0 Å². The number of halogens is 1. The molecule has 1 aromatic rings. The van der Waals surface area contributed by atoms with Crippen LogP contribution in [-0.4, -0.2) is 36.3 Å². The van der Waals surface area contributed by atoms with Crippen molar-refractivity contribution in [3.8, 4) is 0 Å². The number of carbonyl (C=O) groups is 2. The van der Waals surface area contributed by atoms with Crippen molar-refractivity contribution in [2.24, 2.45) is 5.73 Å². The van der Waals surface area contributed by atoms with Crippen molar-refractivity contribution in [1.82, 2.24) is 10.2 Å². The van der Waals surface area contributed by atoms with Crippen LogP contribution in [0.3, 0.4) is 0 Å². The van der Waals surface area contributed by atoms with Crippen LogP contribution >= 0.6 is 15.9 Å². The summed E-state index contributed by atoms with van der Waals surface area (Å²) in [5.74, 6) is -0.389. The lowest BCUT2D eigenvalue weighted by Gasteiger charge is -2.28. The Morgan fingerprint density at radius 3 is 2.41 bits per heavy atom. The molecule has 0 bridgehead atoms. The number of amides is 2. The van der Waals surface area contributed by atoms with Gasteiger partial charge in [-0.25, -0.2) is 0 Å². The van der Waals surface area contributed by atoms with Crippen LogP contribution in [0.25, 0.3) is 0 Å². The van der Waals surface area contributed by atoms with Crippen LogP contribution in [0.5, 0.6) is 0 Å². The minimum absolute atomic E-state index is 0.00213. The Morgan fingerprint density at radius 1 is 1.23 bits per heavy atom. The van der Waals surface area contributed by atoms with Gasteiger partial charge in [0, 0.05) is 17.6 Å². The van der Waals surface area contributed by atoms with Gasteiger partial charge in [0.15, 0.2) is 0 Å². The Bertz CT molecular complexity index is 537. The first-order chi connectivity index (χ1) is 10.4. The number of rotatable bonds is 4. The molecule has 5 nitrogen and oxygen atoms in total. The van der Waals surface area contributed by atoms with Crippen molar-refractivity contribution in [2.45, 2.75) is 31.7 Å². The smallest absolute Gasteiger partial charge is 0.244 e. The van der Waals surface area contributed by atoms with Gasteiger partial charge >= 0.3 is 0 Å². The molecule has 1 aliphatic rings. The lowest BCUT2D eigenvalue weighted by atomic mass is 9.92. The third-order valence-electron chi connectivity index (χ3n) is 4.02. The molecule has 22 heavy (non-hydrogen) atoms. The maximum absolute atomic E-state index is 12.3. The van der Waals surface area contributed by atoms with E-state index in [1.165, 1.54) is 6.42 Å². The number of carbonyl (C=O) groups excluding carboxylic acids is 2. The third kappa shape index (κ3) is 4.08. The summed E-state index contributed by atoms with van der Waals surface area (Å²) in [4.78, 5) is 26.2. The van der Waals surface area contributed by atoms with Crippen LogP contribution in [0.1, 0.15) is 31.7 Å². The summed E-state index contributed by atoms with van der Waals surface area (Å²) in [6.45, 7) is 3.21. The van der Waals surface area contributed by atoms with Crippen LogP contribution in [-0.2, 0) is 15.1 Å². The number of nitrogens with zero attached hydrogens (tertiary/aromatic N) is 1. The minimum Gasteiger partial charge on any atom is -0.345 e. The van der Waals surface area contributed by atoms with Gasteiger partial charge in [-0.05, 0) is 43.9 Å². The highest BCUT2D eigenvalue weighted by molar-refractivity contribution is 9.10. The first kappa shape index (κ1) is 17.0. The van der Waals surface area contributed by atoms with E-state index in [9.17, 15) is 9.59 Å². The van der Waals surface area contributed by atoms with Crippen LogP contribution in [0.2, 0.25) is 0 Å². The molecule has 0 spiro atoms. The van der Waals surface area contributed by atoms with Crippen LogP contribution in [0.4, 0.5) is 0 Å². The van der Waals surface area contributed by atoms with Gasteiger partial charge in [-0.1, -0.05) is 28.1 Å². The van der Waals surface area contributed by atoms with Crippen molar-refractivity contribution in [3.05, 3.63) is 34.3 Å². The van der Waals surface area contributed by atoms with Gasteiger partial charge in [0.25, 0.3) is 0 Å². The molecule has 0 aromatic heterocycles. The molecule has 0 saturated carbocycles. The third-order valence-corrected chi connectivity index (χ3v) is 4.55. The monoisotopic (exact) mass is 367 g/mol. The maximum Gasteiger partial charge on any atom is 0.244 e. The van der Waals surface area contributed by atoms with Gasteiger partial charge in [-0.2, -0.15) is 0 Å². The summed E-state index contributed by atoms with van der Waals surface area (Å²) >= 11 is 3.35. The molecule has 1 aliphatic heterocycles. The molecule has 1 fully saturated rings. The second-order valence-electron chi connectivity index (χ2n) is 5.83. The average molecular weight is 368 g/mol. The Balaban J connectivity index is 1.92. The summed E-state index contributed by atoms with van der Waals surface area (Å²) < 4.78 is 0.924. The van der Waals surface area contributed by atoms with Crippen LogP contribution in [0.15, 0.2) is 28.7 Å². The number of hydrogen-bond donors (Lipinski definition) is 2. The zero-order valence-corrected chi connectivity index (χ0v) is 14.4. The number of piperidine rings is 1. The number of nitrogens with one attached hydrogen (secondary N) is 1. The normalized spacial score (nSPS) is 17.7. The van der Waals surface area contributed by atoms with E-state index in [2.05, 4.69) is 21.2 Å². The Morgan fingerprint density at radius 2 is 1.82 bits per heavy atom. The molecule has 1 unspecified atom stereocenters. The van der Waals surface area contributed by atoms with Crippen molar-refractivity contribution in [3.63, 3.8) is 0 Å². The van der Waals surface area contributed by atoms with Crippen LogP contribution < -0.4 is 11.1 Å². The van der Waals surface area contributed by atoms with Gasteiger partial charge in [0.2, 0.25) is 11.8 Å². The largest absolute Gasteiger partial charge is 0.345 e. The molecule has 2 rings (SSSR count). The minimum atomic E-state index is -1.16. The van der Waals surface area contributed by atoms with Crippen molar-refractivity contribution in [1.29, 1.82) is 0 Å². The fraction of sp³-hybridized carbons (Fsp3) is 0.500. The summed E-state index contributed by atoms with van der Waals surface area (Å²) in [6, 6.07) is 7.28. The zero-order chi connectivity index (χ0) is 16.2. The fourth-order valence-electron chi connectivity index (χ4n) is 2.52. The molecule has 1 saturated heterocycles. The van der Waals surface area contributed by atoms with Gasteiger partial charge < -0.3 is 16.0 Å². The van der Waals surface area contributed by atoms with Gasteiger partial charge in [-0.3, -0.25) is 9.59 Å². The lowest BCUT2D eigenvalue weighted by molar-refractivity contribution is -0.134. The maximum atomic E-state index is 12.3. The second-order valence-corrected chi connectivity index (χ2v) is 6.75. The number of nitrogens with two attached hydrogens (primary N) is 1. The van der Waals surface area contributed by atoms with E-state index in [1.807, 2.05) is 12.1 Å². The number of likely N-dealkylation sites (tertiary alicyclic amines) is 1. The first-order valence-electron chi connectivity index (χ1n) is 7.52. The van der Waals surface area contributed by atoms with Crippen molar-refractivity contribution < 1.29 is 9.59 Å². The van der Waals surface area contributed by atoms with E-state index < -0.39 is 5.54 Å².